The molecule has 0 unspecified atom stereocenters. The SMILES string of the molecule is COP(=O)(OC)C(c1ccccc1Cl)=P(OC)(OC)OC. The molecule has 0 aliphatic carbocycles. The van der Waals surface area contributed by atoms with Crippen LogP contribution < -0.4 is 0 Å². The molecule has 0 fully saturated rings. The van der Waals surface area contributed by atoms with Crippen LogP contribution in [-0.4, -0.2) is 40.6 Å². The number of hydrogen-bond acceptors (Lipinski definition) is 6. The summed E-state index contributed by atoms with van der Waals surface area (Å²) in [6.45, 7) is 0. The third-order valence-corrected chi connectivity index (χ3v) is 8.56. The standard InChI is InChI=1S/C12H19ClO6P2/c1-15-20(14,16-2)12(21(17-3,18-4)19-5)10-8-6-7-9-11(10)13/h6-9H,1-5H3. The maximum absolute atomic E-state index is 13.0. The Morgan fingerprint density at radius 2 is 1.38 bits per heavy atom. The quantitative estimate of drug-likeness (QED) is 0.688. The van der Waals surface area contributed by atoms with E-state index in [1.54, 1.807) is 24.3 Å². The van der Waals surface area contributed by atoms with Crippen molar-refractivity contribution in [3.05, 3.63) is 34.9 Å². The van der Waals surface area contributed by atoms with Crippen LogP contribution in [0.15, 0.2) is 24.3 Å². The Bertz CT molecular complexity index is 562. The molecule has 1 aromatic rings. The number of benzene rings is 1. The summed E-state index contributed by atoms with van der Waals surface area (Å²) in [5, 5.41) is 0.496. The first-order chi connectivity index (χ1) is 9.94. The fourth-order valence-electron chi connectivity index (χ4n) is 1.82. The lowest BCUT2D eigenvalue weighted by Gasteiger charge is -2.28. The van der Waals surface area contributed by atoms with Gasteiger partial charge in [0.2, 0.25) is 0 Å². The lowest BCUT2D eigenvalue weighted by molar-refractivity contribution is 0.232. The van der Waals surface area contributed by atoms with Crippen molar-refractivity contribution in [1.82, 2.24) is 0 Å². The van der Waals surface area contributed by atoms with Crippen LogP contribution >= 0.6 is 26.8 Å². The fraction of sp³-hybridized carbons (Fsp3) is 0.417. The highest BCUT2D eigenvalue weighted by molar-refractivity contribution is 7.89. The minimum absolute atomic E-state index is 0.137. The minimum atomic E-state index is -3.70. The summed E-state index contributed by atoms with van der Waals surface area (Å²) < 4.78 is 39.4. The molecule has 0 saturated carbocycles. The van der Waals surface area contributed by atoms with Crippen molar-refractivity contribution in [3.8, 4) is 0 Å². The van der Waals surface area contributed by atoms with Crippen molar-refractivity contribution in [2.45, 2.75) is 0 Å². The van der Waals surface area contributed by atoms with Crippen LogP contribution in [0.25, 0.3) is 0 Å². The van der Waals surface area contributed by atoms with Gasteiger partial charge in [-0.25, -0.2) is 0 Å². The molecule has 0 saturated heterocycles. The molecule has 0 amide bonds. The molecule has 0 bridgehead atoms. The van der Waals surface area contributed by atoms with E-state index in [-0.39, 0.29) is 5.03 Å². The minimum Gasteiger partial charge on any atom is -0.320 e. The molecule has 1 rings (SSSR count). The molecule has 6 nitrogen and oxygen atoms in total. The third-order valence-electron chi connectivity index (χ3n) is 2.84. The topological polar surface area (TPSA) is 63.2 Å². The van der Waals surface area contributed by atoms with E-state index in [2.05, 4.69) is 0 Å². The average Bonchev–Trinajstić information content (AvgIpc) is 2.53. The Kier molecular flexibility index (Phi) is 7.11. The van der Waals surface area contributed by atoms with Crippen molar-refractivity contribution in [3.63, 3.8) is 0 Å². The normalized spacial score (nSPS) is 12.5. The number of hydrogen-bond donors (Lipinski definition) is 0. The third kappa shape index (κ3) is 3.61. The molecule has 0 aliphatic rings. The van der Waals surface area contributed by atoms with Crippen LogP contribution in [0.4, 0.5) is 0 Å². The van der Waals surface area contributed by atoms with E-state index >= 15 is 0 Å². The molecule has 1 aromatic carbocycles. The van der Waals surface area contributed by atoms with Gasteiger partial charge >= 0.3 is 7.60 Å². The first-order valence-electron chi connectivity index (χ1n) is 5.85. The van der Waals surface area contributed by atoms with Crippen molar-refractivity contribution >= 4 is 31.8 Å². The lowest BCUT2D eigenvalue weighted by atomic mass is 10.2. The zero-order valence-corrected chi connectivity index (χ0v) is 15.1. The summed E-state index contributed by atoms with van der Waals surface area (Å²) in [6, 6.07) is 6.82. The van der Waals surface area contributed by atoms with Crippen LogP contribution in [0.5, 0.6) is 0 Å². The second kappa shape index (κ2) is 7.91. The van der Waals surface area contributed by atoms with E-state index in [1.807, 2.05) is 0 Å². The first kappa shape index (κ1) is 18.9. The summed E-state index contributed by atoms with van der Waals surface area (Å²) in [7, 11) is -0.100. The summed E-state index contributed by atoms with van der Waals surface area (Å²) >= 11 is 6.21. The lowest BCUT2D eigenvalue weighted by Crippen LogP contribution is -2.12. The van der Waals surface area contributed by atoms with Gasteiger partial charge in [-0.05, 0) is 6.07 Å². The maximum Gasteiger partial charge on any atom is 0.368 e. The number of halogens is 1. The van der Waals surface area contributed by atoms with E-state index in [9.17, 15) is 4.57 Å². The van der Waals surface area contributed by atoms with E-state index in [4.69, 9.17) is 34.2 Å². The van der Waals surface area contributed by atoms with E-state index in [0.717, 1.165) is 0 Å². The van der Waals surface area contributed by atoms with Gasteiger partial charge in [0.25, 0.3) is 7.57 Å². The zero-order chi connectivity index (χ0) is 16.1. The van der Waals surface area contributed by atoms with Crippen LogP contribution in [0.1, 0.15) is 5.56 Å². The van der Waals surface area contributed by atoms with Crippen LogP contribution in [0.2, 0.25) is 5.02 Å². The predicted octanol–water partition coefficient (Wildman–Crippen LogP) is 4.01. The van der Waals surface area contributed by atoms with Gasteiger partial charge in [-0.1, -0.05) is 29.8 Å². The molecule has 120 valence electrons. The molecule has 0 radical (unpaired) electrons. The summed E-state index contributed by atoms with van der Waals surface area (Å²) in [6.07, 6.45) is 0. The van der Waals surface area contributed by atoms with E-state index < -0.39 is 15.2 Å². The van der Waals surface area contributed by atoms with Crippen molar-refractivity contribution < 1.29 is 27.2 Å². The molecule has 0 heterocycles. The summed E-state index contributed by atoms with van der Waals surface area (Å²) in [5.74, 6) is 0. The van der Waals surface area contributed by atoms with Crippen molar-refractivity contribution in [1.29, 1.82) is 0 Å². The highest BCUT2D eigenvalue weighted by Gasteiger charge is 2.41. The van der Waals surface area contributed by atoms with Crippen LogP contribution in [0, 0.1) is 0 Å². The van der Waals surface area contributed by atoms with Gasteiger partial charge in [0, 0.05) is 46.1 Å². The fourth-order valence-corrected chi connectivity index (χ4v) is 7.05. The van der Waals surface area contributed by atoms with Gasteiger partial charge in [-0.3, -0.25) is 4.57 Å². The van der Waals surface area contributed by atoms with Crippen LogP contribution in [0.3, 0.4) is 0 Å². The first-order valence-corrected chi connectivity index (χ1v) is 9.31. The molecule has 0 aliphatic heterocycles. The van der Waals surface area contributed by atoms with Gasteiger partial charge in [0.1, 0.15) is 5.03 Å². The second-order valence-corrected chi connectivity index (χ2v) is 9.18. The van der Waals surface area contributed by atoms with Gasteiger partial charge in [-0.2, -0.15) is 0 Å². The van der Waals surface area contributed by atoms with Gasteiger partial charge < -0.3 is 22.6 Å². The smallest absolute Gasteiger partial charge is 0.320 e. The Morgan fingerprint density at radius 3 is 1.76 bits per heavy atom. The molecule has 0 spiro atoms. The Balaban J connectivity index is 3.88. The highest BCUT2D eigenvalue weighted by Crippen LogP contribution is 2.65. The van der Waals surface area contributed by atoms with E-state index in [1.165, 1.54) is 35.5 Å². The highest BCUT2D eigenvalue weighted by atomic mass is 35.5. The molecular weight excluding hydrogens is 338 g/mol. The molecule has 21 heavy (non-hydrogen) atoms. The molecule has 0 aromatic heterocycles. The van der Waals surface area contributed by atoms with Crippen molar-refractivity contribution in [2.75, 3.05) is 35.5 Å². The zero-order valence-electron chi connectivity index (χ0n) is 12.5. The average molecular weight is 357 g/mol. The Hall–Kier alpha value is -0.160. The second-order valence-electron chi connectivity index (χ2n) is 3.71. The van der Waals surface area contributed by atoms with Gasteiger partial charge in [0.15, 0.2) is 0 Å². The largest absolute Gasteiger partial charge is 0.368 e. The molecule has 0 atom stereocenters. The molecule has 9 heteroatoms. The molecular formula is C12H19ClO6P2. The Morgan fingerprint density at radius 1 is 0.905 bits per heavy atom. The van der Waals surface area contributed by atoms with Crippen molar-refractivity contribution in [2.24, 2.45) is 0 Å². The maximum atomic E-state index is 13.0. The van der Waals surface area contributed by atoms with Gasteiger partial charge in [0.05, 0.1) is 0 Å². The van der Waals surface area contributed by atoms with Gasteiger partial charge in [-0.15, -0.1) is 0 Å². The summed E-state index contributed by atoms with van der Waals surface area (Å²) in [4.78, 5) is 0. The monoisotopic (exact) mass is 356 g/mol. The predicted molar refractivity (Wildman–Crippen MR) is 85.1 cm³/mol. The summed E-state index contributed by atoms with van der Waals surface area (Å²) in [5.41, 5.74) is 0.435. The van der Waals surface area contributed by atoms with Crippen LogP contribution in [-0.2, 0) is 27.2 Å². The van der Waals surface area contributed by atoms with E-state index in [0.29, 0.717) is 10.6 Å². The number of rotatable bonds is 7. The Labute approximate surface area is 130 Å². The molecule has 0 N–H and O–H groups in total.